The summed E-state index contributed by atoms with van der Waals surface area (Å²) in [5, 5.41) is 0. The van der Waals surface area contributed by atoms with Crippen LogP contribution in [-0.4, -0.2) is 18.0 Å². The molecule has 0 radical (unpaired) electrons. The quantitative estimate of drug-likeness (QED) is 0.209. The van der Waals surface area contributed by atoms with Crippen molar-refractivity contribution in [1.82, 2.24) is 0 Å². The van der Waals surface area contributed by atoms with Gasteiger partial charge in [0.15, 0.2) is 6.17 Å². The molecule has 4 rings (SSSR count). The first-order valence-corrected chi connectivity index (χ1v) is 14.5. The molecule has 9 heteroatoms. The van der Waals surface area contributed by atoms with Crippen molar-refractivity contribution in [2.45, 2.75) is 114 Å². The average molecular weight is 579 g/mol. The van der Waals surface area contributed by atoms with Gasteiger partial charge in [-0.3, -0.25) is 0 Å². The lowest BCUT2D eigenvalue weighted by atomic mass is 9.68. The van der Waals surface area contributed by atoms with Crippen LogP contribution < -0.4 is 0 Å². The van der Waals surface area contributed by atoms with Gasteiger partial charge in [0.25, 0.3) is 5.67 Å². The van der Waals surface area contributed by atoms with Gasteiger partial charge in [0.1, 0.15) is 11.6 Å². The highest BCUT2D eigenvalue weighted by molar-refractivity contribution is 5.32. The average Bonchev–Trinajstić information content (AvgIpc) is 2.90. The molecule has 0 aromatic heterocycles. The summed E-state index contributed by atoms with van der Waals surface area (Å²) >= 11 is 0. The van der Waals surface area contributed by atoms with Gasteiger partial charge in [-0.25, -0.2) is 13.2 Å². The zero-order valence-corrected chi connectivity index (χ0v) is 22.8. The highest BCUT2D eigenvalue weighted by Gasteiger charge is 2.60. The molecule has 0 heterocycles. The van der Waals surface area contributed by atoms with Crippen molar-refractivity contribution >= 4 is 0 Å². The molecule has 2 atom stereocenters. The van der Waals surface area contributed by atoms with Crippen LogP contribution in [0.1, 0.15) is 101 Å². The first kappa shape index (κ1) is 30.9. The molecule has 0 spiro atoms. The molecule has 3 aliphatic carbocycles. The Labute approximate surface area is 231 Å². The monoisotopic (exact) mass is 578 g/mol. The number of benzene rings is 1. The molecule has 0 N–H and O–H groups in total. The third-order valence-corrected chi connectivity index (χ3v) is 9.21. The maximum absolute atomic E-state index is 14.8. The first-order valence-electron chi connectivity index (χ1n) is 14.5. The molecular formula is C31H38F8O. The van der Waals surface area contributed by atoms with E-state index in [2.05, 4.69) is 11.7 Å². The van der Waals surface area contributed by atoms with Crippen molar-refractivity contribution in [2.24, 2.45) is 17.8 Å². The normalized spacial score (nSPS) is 31.6. The second kappa shape index (κ2) is 12.4. The van der Waals surface area contributed by atoms with Crippen LogP contribution in [0.2, 0.25) is 0 Å². The summed E-state index contributed by atoms with van der Waals surface area (Å²) in [6, 6.07) is 3.37. The van der Waals surface area contributed by atoms with E-state index in [0.29, 0.717) is 11.5 Å². The second-order valence-corrected chi connectivity index (χ2v) is 11.8. The summed E-state index contributed by atoms with van der Waals surface area (Å²) in [6.07, 6.45) is 0.959. The zero-order valence-electron chi connectivity index (χ0n) is 22.8. The van der Waals surface area contributed by atoms with Crippen LogP contribution >= 0.6 is 0 Å². The van der Waals surface area contributed by atoms with E-state index in [1.165, 1.54) is 57.4 Å². The number of unbranched alkanes of at least 4 members (excludes halogenated alkanes) is 2. The highest BCUT2D eigenvalue weighted by atomic mass is 19.4. The van der Waals surface area contributed by atoms with Crippen molar-refractivity contribution in [2.75, 3.05) is 0 Å². The number of alkyl halides is 7. The lowest BCUT2D eigenvalue weighted by Crippen LogP contribution is -2.47. The molecule has 40 heavy (non-hydrogen) atoms. The fourth-order valence-corrected chi connectivity index (χ4v) is 6.71. The van der Waals surface area contributed by atoms with Crippen LogP contribution in [0.3, 0.4) is 0 Å². The van der Waals surface area contributed by atoms with Crippen LogP contribution in [0, 0.1) is 23.6 Å². The molecule has 2 saturated carbocycles. The summed E-state index contributed by atoms with van der Waals surface area (Å²) in [7, 11) is 0. The molecule has 2 fully saturated rings. The van der Waals surface area contributed by atoms with E-state index in [0.717, 1.165) is 49.7 Å². The number of hydrogen-bond donors (Lipinski definition) is 0. The number of ether oxygens (including phenoxy) is 1. The van der Waals surface area contributed by atoms with E-state index in [9.17, 15) is 35.1 Å². The summed E-state index contributed by atoms with van der Waals surface area (Å²) in [6.45, 7) is 2.22. The van der Waals surface area contributed by atoms with E-state index in [1.54, 1.807) is 0 Å². The molecule has 1 aromatic carbocycles. The smallest absolute Gasteiger partial charge is 0.429 e. The van der Waals surface area contributed by atoms with Gasteiger partial charge in [-0.05, 0) is 98.1 Å². The van der Waals surface area contributed by atoms with Gasteiger partial charge in [0.05, 0.1) is 5.56 Å². The zero-order chi connectivity index (χ0) is 29.1. The fraction of sp³-hybridized carbons (Fsp3) is 0.677. The van der Waals surface area contributed by atoms with Gasteiger partial charge >= 0.3 is 12.3 Å². The van der Waals surface area contributed by atoms with E-state index in [1.807, 2.05) is 0 Å². The van der Waals surface area contributed by atoms with Crippen LogP contribution in [-0.2, 0) is 10.8 Å². The van der Waals surface area contributed by atoms with Crippen molar-refractivity contribution in [3.8, 4) is 0 Å². The number of hydrogen-bond acceptors (Lipinski definition) is 1. The minimum absolute atomic E-state index is 0.0228. The van der Waals surface area contributed by atoms with E-state index >= 15 is 0 Å². The minimum Gasteiger partial charge on any atom is -0.429 e. The van der Waals surface area contributed by atoms with Crippen molar-refractivity contribution < 1.29 is 39.9 Å². The van der Waals surface area contributed by atoms with Crippen molar-refractivity contribution in [3.63, 3.8) is 0 Å². The number of allylic oxidation sites excluding steroid dienone is 3. The van der Waals surface area contributed by atoms with Crippen LogP contribution in [0.15, 0.2) is 42.2 Å². The predicted octanol–water partition coefficient (Wildman–Crippen LogP) is 10.6. The first-order chi connectivity index (χ1) is 18.8. The highest BCUT2D eigenvalue weighted by Crippen LogP contribution is 2.46. The summed E-state index contributed by atoms with van der Waals surface area (Å²) in [5.41, 5.74) is -4.87. The van der Waals surface area contributed by atoms with Gasteiger partial charge in [-0.1, -0.05) is 51.5 Å². The number of halogens is 8. The second-order valence-electron chi connectivity index (χ2n) is 11.8. The molecular weight excluding hydrogens is 540 g/mol. The maximum Gasteiger partial charge on any atom is 0.429 e. The van der Waals surface area contributed by atoms with Gasteiger partial charge < -0.3 is 4.74 Å². The Morgan fingerprint density at radius 3 is 2.08 bits per heavy atom. The van der Waals surface area contributed by atoms with E-state index in [4.69, 9.17) is 0 Å². The molecule has 0 aliphatic heterocycles. The molecule has 0 bridgehead atoms. The van der Waals surface area contributed by atoms with Crippen LogP contribution in [0.4, 0.5) is 35.1 Å². The Hall–Kier alpha value is -2.06. The molecule has 224 valence electrons. The SMILES string of the molecule is CCCCCC1CCC(C2CCC(c3ccc(C(F)(F)OC4=CC(F)C(F)(C(F)(F)F)C=C4)c(F)c3)CC2)CC1. The molecule has 0 saturated heterocycles. The Morgan fingerprint density at radius 2 is 1.52 bits per heavy atom. The van der Waals surface area contributed by atoms with E-state index < -0.39 is 41.3 Å². The van der Waals surface area contributed by atoms with Crippen LogP contribution in [0.5, 0.6) is 0 Å². The lowest BCUT2D eigenvalue weighted by Gasteiger charge is -2.38. The Kier molecular flexibility index (Phi) is 9.60. The third kappa shape index (κ3) is 6.87. The minimum atomic E-state index is -5.58. The lowest BCUT2D eigenvalue weighted by molar-refractivity contribution is -0.233. The van der Waals surface area contributed by atoms with Crippen LogP contribution in [0.25, 0.3) is 0 Å². The molecule has 1 nitrogen and oxygen atoms in total. The fourth-order valence-electron chi connectivity index (χ4n) is 6.71. The largest absolute Gasteiger partial charge is 0.429 e. The molecule has 1 aromatic rings. The number of rotatable bonds is 9. The standard InChI is InChI=1S/C31H38F8O/c1-2-3-4-5-20-6-8-21(9-7-20)22-10-12-23(13-11-22)24-14-15-26(27(32)18-24)30(35,36)40-25-16-17-29(34,28(33)19-25)31(37,38)39/h14-23,28H,2-13H2,1H3. The molecule has 2 unspecified atom stereocenters. The summed E-state index contributed by atoms with van der Waals surface area (Å²) in [5.74, 6) is 0.0280. The third-order valence-electron chi connectivity index (χ3n) is 9.21. The van der Waals surface area contributed by atoms with Crippen molar-refractivity contribution in [1.29, 1.82) is 0 Å². The topological polar surface area (TPSA) is 9.23 Å². The van der Waals surface area contributed by atoms with E-state index in [-0.39, 0.29) is 24.1 Å². The van der Waals surface area contributed by atoms with Crippen molar-refractivity contribution in [3.05, 3.63) is 59.1 Å². The van der Waals surface area contributed by atoms with Gasteiger partial charge in [0.2, 0.25) is 0 Å². The Morgan fingerprint density at radius 1 is 0.900 bits per heavy atom. The summed E-state index contributed by atoms with van der Waals surface area (Å²) < 4.78 is 115. The Balaban J connectivity index is 1.31. The van der Waals surface area contributed by atoms with Gasteiger partial charge in [-0.2, -0.15) is 22.0 Å². The van der Waals surface area contributed by atoms with Gasteiger partial charge in [0, 0.05) is 0 Å². The summed E-state index contributed by atoms with van der Waals surface area (Å²) in [4.78, 5) is 0. The predicted molar refractivity (Wildman–Crippen MR) is 138 cm³/mol. The maximum atomic E-state index is 14.8. The molecule has 3 aliphatic rings. The Bertz CT molecular complexity index is 1050. The van der Waals surface area contributed by atoms with Gasteiger partial charge in [-0.15, -0.1) is 0 Å². The molecule has 0 amide bonds.